The third kappa shape index (κ3) is 2.64. The quantitative estimate of drug-likeness (QED) is 0.205. The van der Waals surface area contributed by atoms with Crippen LogP contribution in [0.25, 0.3) is 66.1 Å². The van der Waals surface area contributed by atoms with Crippen molar-refractivity contribution in [2.24, 2.45) is 0 Å². The smallest absolute Gasteiger partial charge is 0.135 e. The number of para-hydroxylation sites is 1. The van der Waals surface area contributed by atoms with Crippen LogP contribution in [0.2, 0.25) is 0 Å². The van der Waals surface area contributed by atoms with Crippen LogP contribution in [0.3, 0.4) is 0 Å². The summed E-state index contributed by atoms with van der Waals surface area (Å²) in [5, 5.41) is 4.89. The Kier molecular flexibility index (Phi) is 4.18. The third-order valence-corrected chi connectivity index (χ3v) is 9.68. The van der Waals surface area contributed by atoms with E-state index >= 15 is 0 Å². The van der Waals surface area contributed by atoms with Gasteiger partial charge in [0.1, 0.15) is 11.2 Å². The lowest BCUT2D eigenvalue weighted by atomic mass is 9.69. The Hall–Kier alpha value is -5.40. The summed E-state index contributed by atoms with van der Waals surface area (Å²) >= 11 is 0. The Labute approximate surface area is 243 Å². The molecule has 1 heterocycles. The van der Waals surface area contributed by atoms with E-state index < -0.39 is 0 Å². The molecule has 1 spiro atoms. The van der Waals surface area contributed by atoms with Crippen molar-refractivity contribution in [3.05, 3.63) is 168 Å². The monoisotopic (exact) mass is 532 g/mol. The molecule has 1 nitrogen and oxygen atoms in total. The van der Waals surface area contributed by atoms with Crippen LogP contribution in [0.4, 0.5) is 0 Å². The van der Waals surface area contributed by atoms with Gasteiger partial charge in [-0.2, -0.15) is 0 Å². The molecule has 0 unspecified atom stereocenters. The summed E-state index contributed by atoms with van der Waals surface area (Å²) in [6.45, 7) is 0. The summed E-state index contributed by atoms with van der Waals surface area (Å²) < 4.78 is 6.14. The lowest BCUT2D eigenvalue weighted by molar-refractivity contribution is 0.669. The van der Waals surface area contributed by atoms with Gasteiger partial charge in [-0.1, -0.05) is 121 Å². The Morgan fingerprint density at radius 3 is 1.62 bits per heavy atom. The van der Waals surface area contributed by atoms with Gasteiger partial charge < -0.3 is 4.42 Å². The minimum Gasteiger partial charge on any atom is -0.456 e. The van der Waals surface area contributed by atoms with E-state index in [9.17, 15) is 0 Å². The molecule has 10 rings (SSSR count). The minimum absolute atomic E-state index is 0.359. The predicted molar refractivity (Wildman–Crippen MR) is 173 cm³/mol. The molecule has 194 valence electrons. The second-order valence-electron chi connectivity index (χ2n) is 11.6. The number of rotatable bonds is 1. The van der Waals surface area contributed by atoms with E-state index in [1.807, 2.05) is 12.1 Å². The molecule has 42 heavy (non-hydrogen) atoms. The van der Waals surface area contributed by atoms with Gasteiger partial charge in [0, 0.05) is 10.8 Å². The van der Waals surface area contributed by atoms with E-state index in [1.54, 1.807) is 0 Å². The normalized spacial score (nSPS) is 13.9. The highest BCUT2D eigenvalue weighted by atomic mass is 16.3. The van der Waals surface area contributed by atoms with Gasteiger partial charge in [0.2, 0.25) is 0 Å². The number of benzene rings is 7. The van der Waals surface area contributed by atoms with Gasteiger partial charge in [0.25, 0.3) is 0 Å². The number of furan rings is 1. The molecule has 8 aromatic rings. The number of hydrogen-bond acceptors (Lipinski definition) is 1. The largest absolute Gasteiger partial charge is 0.456 e. The van der Waals surface area contributed by atoms with Gasteiger partial charge in [-0.15, -0.1) is 0 Å². The van der Waals surface area contributed by atoms with Crippen LogP contribution in [-0.4, -0.2) is 0 Å². The SMILES string of the molecule is c1ccc2c(c1)-c1ccccc1C21c2ccccc2-c2ccc3ccc(-c4ccc5oc6ccccc6c5c4)cc3c21. The first-order valence-electron chi connectivity index (χ1n) is 14.6. The molecule has 1 heteroatoms. The maximum Gasteiger partial charge on any atom is 0.135 e. The van der Waals surface area contributed by atoms with Crippen LogP contribution in [0, 0.1) is 0 Å². The highest BCUT2D eigenvalue weighted by Crippen LogP contribution is 2.64. The van der Waals surface area contributed by atoms with Crippen LogP contribution < -0.4 is 0 Å². The van der Waals surface area contributed by atoms with Gasteiger partial charge in [0.05, 0.1) is 5.41 Å². The van der Waals surface area contributed by atoms with Crippen LogP contribution in [0.15, 0.2) is 150 Å². The maximum absolute atomic E-state index is 6.14. The zero-order valence-electron chi connectivity index (χ0n) is 22.8. The fourth-order valence-electron chi connectivity index (χ4n) is 8.01. The summed E-state index contributed by atoms with van der Waals surface area (Å²) in [4.78, 5) is 0. The van der Waals surface area contributed by atoms with Gasteiger partial charge in [-0.3, -0.25) is 0 Å². The second kappa shape index (κ2) is 7.87. The van der Waals surface area contributed by atoms with Crippen molar-refractivity contribution in [2.75, 3.05) is 0 Å². The Morgan fingerprint density at radius 1 is 0.381 bits per heavy atom. The van der Waals surface area contributed by atoms with Gasteiger partial charge in [-0.05, 0) is 90.7 Å². The molecular weight excluding hydrogens is 508 g/mol. The first kappa shape index (κ1) is 22.3. The fraction of sp³-hybridized carbons (Fsp3) is 0.0244. The van der Waals surface area contributed by atoms with Gasteiger partial charge in [0.15, 0.2) is 0 Å². The number of hydrogen-bond donors (Lipinski definition) is 0. The van der Waals surface area contributed by atoms with Crippen molar-refractivity contribution in [1.29, 1.82) is 0 Å². The zero-order valence-corrected chi connectivity index (χ0v) is 22.8. The molecule has 2 aliphatic rings. The van der Waals surface area contributed by atoms with Crippen molar-refractivity contribution in [2.45, 2.75) is 5.41 Å². The summed E-state index contributed by atoms with van der Waals surface area (Å²) in [6.07, 6.45) is 0. The third-order valence-electron chi connectivity index (χ3n) is 9.68. The first-order valence-corrected chi connectivity index (χ1v) is 14.6. The molecule has 1 aromatic heterocycles. The average Bonchev–Trinajstić information content (AvgIpc) is 3.68. The molecule has 0 saturated carbocycles. The maximum atomic E-state index is 6.14. The van der Waals surface area contributed by atoms with Crippen molar-refractivity contribution < 1.29 is 4.42 Å². The fourth-order valence-corrected chi connectivity index (χ4v) is 8.01. The summed E-state index contributed by atoms with van der Waals surface area (Å²) in [5.41, 5.74) is 14.8. The van der Waals surface area contributed by atoms with Crippen molar-refractivity contribution in [1.82, 2.24) is 0 Å². The highest BCUT2D eigenvalue weighted by Gasteiger charge is 2.52. The molecule has 0 amide bonds. The summed E-state index contributed by atoms with van der Waals surface area (Å²) in [5.74, 6) is 0. The molecule has 0 radical (unpaired) electrons. The van der Waals surface area contributed by atoms with E-state index in [0.29, 0.717) is 0 Å². The molecule has 0 bridgehead atoms. The van der Waals surface area contributed by atoms with E-state index in [4.69, 9.17) is 4.42 Å². The molecule has 2 aliphatic carbocycles. The molecule has 0 N–H and O–H groups in total. The van der Waals surface area contributed by atoms with E-state index in [2.05, 4.69) is 133 Å². The summed E-state index contributed by atoms with van der Waals surface area (Å²) in [6, 6.07) is 53.6. The van der Waals surface area contributed by atoms with Crippen LogP contribution in [-0.2, 0) is 5.41 Å². The van der Waals surface area contributed by atoms with Gasteiger partial charge >= 0.3 is 0 Å². The lowest BCUT2D eigenvalue weighted by Crippen LogP contribution is -2.26. The highest BCUT2D eigenvalue weighted by molar-refractivity contribution is 6.08. The van der Waals surface area contributed by atoms with Crippen LogP contribution in [0.5, 0.6) is 0 Å². The molecule has 0 fully saturated rings. The molecule has 0 atom stereocenters. The minimum atomic E-state index is -0.359. The topological polar surface area (TPSA) is 13.1 Å². The molecular formula is C41H24O. The van der Waals surface area contributed by atoms with Gasteiger partial charge in [-0.25, -0.2) is 0 Å². The van der Waals surface area contributed by atoms with Crippen LogP contribution >= 0.6 is 0 Å². The van der Waals surface area contributed by atoms with E-state index in [1.165, 1.54) is 66.4 Å². The molecule has 7 aromatic carbocycles. The average molecular weight is 533 g/mol. The van der Waals surface area contributed by atoms with E-state index in [-0.39, 0.29) is 5.41 Å². The Bertz CT molecular complexity index is 2360. The molecule has 0 saturated heterocycles. The standard InChI is InChI=1S/C41H24O/c1-5-13-35-28(9-1)29-10-2-6-14-36(29)41(35)37-15-7-3-11-30(37)32-21-19-25-17-18-26(23-33(25)40(32)41)27-20-22-39-34(24-27)31-12-4-8-16-38(31)42-39/h1-24H. The Balaban J connectivity index is 1.31. The Morgan fingerprint density at radius 2 is 0.905 bits per heavy atom. The molecule has 0 aliphatic heterocycles. The van der Waals surface area contributed by atoms with Crippen molar-refractivity contribution in [3.63, 3.8) is 0 Å². The van der Waals surface area contributed by atoms with E-state index in [0.717, 1.165) is 21.9 Å². The second-order valence-corrected chi connectivity index (χ2v) is 11.6. The first-order chi connectivity index (χ1) is 20.8. The van der Waals surface area contributed by atoms with Crippen molar-refractivity contribution in [3.8, 4) is 33.4 Å². The van der Waals surface area contributed by atoms with Crippen LogP contribution in [0.1, 0.15) is 22.3 Å². The predicted octanol–water partition coefficient (Wildman–Crippen LogP) is 10.7. The summed E-state index contributed by atoms with van der Waals surface area (Å²) in [7, 11) is 0. The number of fused-ring (bicyclic) bond motifs is 15. The zero-order chi connectivity index (χ0) is 27.4. The van der Waals surface area contributed by atoms with Crippen molar-refractivity contribution >= 4 is 32.7 Å². The lowest BCUT2D eigenvalue weighted by Gasteiger charge is -2.31.